The van der Waals surface area contributed by atoms with Gasteiger partial charge < -0.3 is 10.6 Å². The Morgan fingerprint density at radius 2 is 2.06 bits per heavy atom. The highest BCUT2D eigenvalue weighted by Gasteiger charge is 2.21. The van der Waals surface area contributed by atoms with Gasteiger partial charge in [0.2, 0.25) is 5.91 Å². The minimum absolute atomic E-state index is 0.00773. The maximum absolute atomic E-state index is 12.1. The van der Waals surface area contributed by atoms with Crippen LogP contribution in [0.1, 0.15) is 43.4 Å². The van der Waals surface area contributed by atoms with Crippen LogP contribution in [0.25, 0.3) is 0 Å². The zero-order valence-electron chi connectivity index (χ0n) is 11.2. The van der Waals surface area contributed by atoms with Gasteiger partial charge in [0.15, 0.2) is 0 Å². The van der Waals surface area contributed by atoms with Crippen LogP contribution in [0, 0.1) is 6.92 Å². The second-order valence-electron chi connectivity index (χ2n) is 5.14. The SMILES string of the molecule is Cc1ccc([C@@H](C)NC(=O)C2CCCCN2)cc1. The van der Waals surface area contributed by atoms with Crippen molar-refractivity contribution >= 4 is 5.91 Å². The molecule has 1 aromatic rings. The molecule has 2 N–H and O–H groups in total. The third-order valence-corrected chi connectivity index (χ3v) is 3.56. The summed E-state index contributed by atoms with van der Waals surface area (Å²) in [5.74, 6) is 0.128. The van der Waals surface area contributed by atoms with Crippen molar-refractivity contribution in [2.75, 3.05) is 6.54 Å². The van der Waals surface area contributed by atoms with Crippen molar-refractivity contribution in [1.29, 1.82) is 0 Å². The van der Waals surface area contributed by atoms with Crippen molar-refractivity contribution in [3.63, 3.8) is 0 Å². The molecule has 0 bridgehead atoms. The first kappa shape index (κ1) is 13.1. The van der Waals surface area contributed by atoms with Crippen LogP contribution in [0.4, 0.5) is 0 Å². The number of benzene rings is 1. The minimum atomic E-state index is -0.00773. The first-order valence-corrected chi connectivity index (χ1v) is 6.77. The molecule has 1 amide bonds. The molecule has 1 unspecified atom stereocenters. The molecule has 3 nitrogen and oxygen atoms in total. The molecule has 1 aromatic carbocycles. The monoisotopic (exact) mass is 246 g/mol. The van der Waals surface area contributed by atoms with Gasteiger partial charge in [-0.05, 0) is 38.8 Å². The number of carbonyl (C=O) groups is 1. The lowest BCUT2D eigenvalue weighted by atomic mass is 10.0. The van der Waals surface area contributed by atoms with E-state index in [1.165, 1.54) is 12.0 Å². The fourth-order valence-electron chi connectivity index (χ4n) is 2.33. The largest absolute Gasteiger partial charge is 0.348 e. The Morgan fingerprint density at radius 3 is 2.67 bits per heavy atom. The summed E-state index contributed by atoms with van der Waals surface area (Å²) in [7, 11) is 0. The third-order valence-electron chi connectivity index (χ3n) is 3.56. The maximum Gasteiger partial charge on any atom is 0.237 e. The van der Waals surface area contributed by atoms with E-state index in [2.05, 4.69) is 41.8 Å². The van der Waals surface area contributed by atoms with Crippen LogP contribution in [-0.2, 0) is 4.79 Å². The lowest BCUT2D eigenvalue weighted by Gasteiger charge is -2.24. The summed E-state index contributed by atoms with van der Waals surface area (Å²) in [4.78, 5) is 12.1. The van der Waals surface area contributed by atoms with Crippen molar-refractivity contribution in [2.24, 2.45) is 0 Å². The molecule has 0 radical (unpaired) electrons. The van der Waals surface area contributed by atoms with E-state index in [0.29, 0.717) is 0 Å². The number of aryl methyl sites for hydroxylation is 1. The summed E-state index contributed by atoms with van der Waals surface area (Å²) in [6, 6.07) is 8.38. The number of piperidine rings is 1. The van der Waals surface area contributed by atoms with E-state index in [-0.39, 0.29) is 18.0 Å². The van der Waals surface area contributed by atoms with Gasteiger partial charge in [0, 0.05) is 0 Å². The molecule has 18 heavy (non-hydrogen) atoms. The molecule has 0 aliphatic carbocycles. The standard InChI is InChI=1S/C15H22N2O/c1-11-6-8-13(9-7-11)12(2)17-15(18)14-5-3-4-10-16-14/h6-9,12,14,16H,3-5,10H2,1-2H3,(H,17,18)/t12-,14?/m1/s1. The second kappa shape index (κ2) is 6.01. The predicted molar refractivity (Wildman–Crippen MR) is 73.4 cm³/mol. The van der Waals surface area contributed by atoms with Crippen molar-refractivity contribution in [1.82, 2.24) is 10.6 Å². The van der Waals surface area contributed by atoms with Gasteiger partial charge in [0.1, 0.15) is 0 Å². The van der Waals surface area contributed by atoms with Crippen LogP contribution >= 0.6 is 0 Å². The molecule has 1 saturated heterocycles. The molecule has 1 aliphatic rings. The Bertz CT molecular complexity index is 393. The fraction of sp³-hybridized carbons (Fsp3) is 0.533. The molecular formula is C15H22N2O. The molecule has 98 valence electrons. The van der Waals surface area contributed by atoms with Crippen molar-refractivity contribution < 1.29 is 4.79 Å². The van der Waals surface area contributed by atoms with Crippen molar-refractivity contribution in [3.05, 3.63) is 35.4 Å². The number of nitrogens with one attached hydrogen (secondary N) is 2. The minimum Gasteiger partial charge on any atom is -0.348 e. The van der Waals surface area contributed by atoms with Crippen LogP contribution in [0.3, 0.4) is 0 Å². The highest BCUT2D eigenvalue weighted by atomic mass is 16.2. The normalized spacial score (nSPS) is 21.3. The van der Waals surface area contributed by atoms with Gasteiger partial charge in [-0.15, -0.1) is 0 Å². The van der Waals surface area contributed by atoms with Gasteiger partial charge in [-0.25, -0.2) is 0 Å². The van der Waals surface area contributed by atoms with Gasteiger partial charge >= 0.3 is 0 Å². The Hall–Kier alpha value is -1.35. The Labute approximate surface area is 109 Å². The van der Waals surface area contributed by atoms with Crippen LogP contribution in [0.5, 0.6) is 0 Å². The van der Waals surface area contributed by atoms with E-state index in [9.17, 15) is 4.79 Å². The Kier molecular flexibility index (Phi) is 4.37. The van der Waals surface area contributed by atoms with E-state index >= 15 is 0 Å². The quantitative estimate of drug-likeness (QED) is 0.859. The van der Waals surface area contributed by atoms with Gasteiger partial charge in [0.05, 0.1) is 12.1 Å². The van der Waals surface area contributed by atoms with Gasteiger partial charge in [-0.1, -0.05) is 36.2 Å². The molecular weight excluding hydrogens is 224 g/mol. The third kappa shape index (κ3) is 3.33. The molecule has 1 aliphatic heterocycles. The summed E-state index contributed by atoms with van der Waals surface area (Å²) < 4.78 is 0. The molecule has 2 rings (SSSR count). The Morgan fingerprint density at radius 1 is 1.33 bits per heavy atom. The smallest absolute Gasteiger partial charge is 0.237 e. The average Bonchev–Trinajstić information content (AvgIpc) is 2.40. The molecule has 1 fully saturated rings. The highest BCUT2D eigenvalue weighted by molar-refractivity contribution is 5.82. The van der Waals surface area contributed by atoms with Gasteiger partial charge in [-0.2, -0.15) is 0 Å². The lowest BCUT2D eigenvalue weighted by molar-refractivity contribution is -0.124. The van der Waals surface area contributed by atoms with Gasteiger partial charge in [0.25, 0.3) is 0 Å². The lowest BCUT2D eigenvalue weighted by Crippen LogP contribution is -2.47. The van der Waals surface area contributed by atoms with Crippen molar-refractivity contribution in [3.8, 4) is 0 Å². The van der Waals surface area contributed by atoms with Crippen LogP contribution in [0.2, 0.25) is 0 Å². The zero-order chi connectivity index (χ0) is 13.0. The number of carbonyl (C=O) groups excluding carboxylic acids is 1. The summed E-state index contributed by atoms with van der Waals surface area (Å²) in [5.41, 5.74) is 2.40. The zero-order valence-corrected chi connectivity index (χ0v) is 11.2. The highest BCUT2D eigenvalue weighted by Crippen LogP contribution is 2.14. The topological polar surface area (TPSA) is 41.1 Å². The summed E-state index contributed by atoms with van der Waals surface area (Å²) >= 11 is 0. The summed E-state index contributed by atoms with van der Waals surface area (Å²) in [6.45, 7) is 5.06. The van der Waals surface area contributed by atoms with Crippen molar-refractivity contribution in [2.45, 2.75) is 45.2 Å². The first-order chi connectivity index (χ1) is 8.66. The molecule has 1 heterocycles. The number of rotatable bonds is 3. The van der Waals surface area contributed by atoms with Gasteiger partial charge in [-0.3, -0.25) is 4.79 Å². The average molecular weight is 246 g/mol. The van der Waals surface area contributed by atoms with Crippen LogP contribution < -0.4 is 10.6 Å². The first-order valence-electron chi connectivity index (χ1n) is 6.77. The molecule has 0 aromatic heterocycles. The van der Waals surface area contributed by atoms with E-state index < -0.39 is 0 Å². The van der Waals surface area contributed by atoms with E-state index in [1.54, 1.807) is 0 Å². The van der Waals surface area contributed by atoms with E-state index in [1.807, 2.05) is 6.92 Å². The number of hydrogen-bond acceptors (Lipinski definition) is 2. The number of hydrogen-bond donors (Lipinski definition) is 2. The van der Waals surface area contributed by atoms with Crippen LogP contribution in [-0.4, -0.2) is 18.5 Å². The molecule has 0 saturated carbocycles. The fourth-order valence-corrected chi connectivity index (χ4v) is 2.33. The van der Waals surface area contributed by atoms with E-state index in [0.717, 1.165) is 24.9 Å². The van der Waals surface area contributed by atoms with Crippen LogP contribution in [0.15, 0.2) is 24.3 Å². The molecule has 0 spiro atoms. The Balaban J connectivity index is 1.91. The molecule has 2 atom stereocenters. The second-order valence-corrected chi connectivity index (χ2v) is 5.14. The molecule has 3 heteroatoms. The van der Waals surface area contributed by atoms with E-state index in [4.69, 9.17) is 0 Å². The summed E-state index contributed by atoms with van der Waals surface area (Å²) in [5, 5.41) is 6.36. The maximum atomic E-state index is 12.1. The number of amides is 1. The summed E-state index contributed by atoms with van der Waals surface area (Å²) in [6.07, 6.45) is 3.27. The predicted octanol–water partition coefficient (Wildman–Crippen LogP) is 2.31.